The Kier molecular flexibility index (Phi) is 5.39. The minimum atomic E-state index is -0.637. The molecule has 0 radical (unpaired) electrons. The van der Waals surface area contributed by atoms with Crippen molar-refractivity contribution in [2.24, 2.45) is 5.73 Å². The van der Waals surface area contributed by atoms with E-state index in [0.29, 0.717) is 30.4 Å². The summed E-state index contributed by atoms with van der Waals surface area (Å²) in [7, 11) is 4.36. The minimum absolute atomic E-state index is 0.162. The molecule has 0 atom stereocenters. The zero-order valence-corrected chi connectivity index (χ0v) is 18.4. The standard InChI is InChI=1S/C21H23BN8O2/c1-13-7-8-17(24-11-13)29-9-5-6-14(21(29)32)27(3)18-10-15(28(4)22-2)20-25-12-16(19(23)31)30(20)26-18/h5-12,22H,1-4H3,(H2,23,31). The predicted octanol–water partition coefficient (Wildman–Crippen LogP) is 1.29. The molecule has 0 bridgehead atoms. The molecule has 0 aromatic carbocycles. The molecule has 0 saturated carbocycles. The summed E-state index contributed by atoms with van der Waals surface area (Å²) in [6.45, 7) is 3.94. The molecule has 4 heterocycles. The lowest BCUT2D eigenvalue weighted by Crippen LogP contribution is -2.28. The van der Waals surface area contributed by atoms with Gasteiger partial charge in [0, 0.05) is 25.5 Å². The molecular formula is C21H23BN8O2. The maximum atomic E-state index is 13.3. The number of amides is 1. The van der Waals surface area contributed by atoms with Crippen LogP contribution in [0.4, 0.5) is 17.2 Å². The number of carbonyl (C=O) groups excluding carboxylic acids is 1. The highest BCUT2D eigenvalue weighted by molar-refractivity contribution is 6.40. The van der Waals surface area contributed by atoms with Crippen molar-refractivity contribution in [3.05, 3.63) is 70.5 Å². The molecule has 2 N–H and O–H groups in total. The Labute approximate surface area is 185 Å². The summed E-state index contributed by atoms with van der Waals surface area (Å²) in [6, 6.07) is 9.02. The topological polar surface area (TPSA) is 115 Å². The van der Waals surface area contributed by atoms with Crippen molar-refractivity contribution in [1.82, 2.24) is 24.1 Å². The van der Waals surface area contributed by atoms with Crippen molar-refractivity contribution < 1.29 is 4.79 Å². The van der Waals surface area contributed by atoms with Crippen molar-refractivity contribution >= 4 is 36.2 Å². The maximum absolute atomic E-state index is 13.3. The summed E-state index contributed by atoms with van der Waals surface area (Å²) in [6.07, 6.45) is 4.79. The van der Waals surface area contributed by atoms with Crippen LogP contribution in [-0.2, 0) is 0 Å². The van der Waals surface area contributed by atoms with Crippen molar-refractivity contribution in [2.45, 2.75) is 13.7 Å². The van der Waals surface area contributed by atoms with Gasteiger partial charge in [-0.2, -0.15) is 0 Å². The van der Waals surface area contributed by atoms with Gasteiger partial charge in [0.15, 0.2) is 11.5 Å². The SMILES string of the molecule is CBN(C)c1cc(N(C)c2cccn(-c3ccc(C)cn3)c2=O)nn2c(C(N)=O)cnc12. The monoisotopic (exact) mass is 430 g/mol. The van der Waals surface area contributed by atoms with Crippen LogP contribution in [0.2, 0.25) is 6.82 Å². The molecule has 4 aromatic heterocycles. The smallest absolute Gasteiger partial charge is 0.280 e. The lowest BCUT2D eigenvalue weighted by Gasteiger charge is -2.23. The van der Waals surface area contributed by atoms with Crippen LogP contribution in [0.5, 0.6) is 0 Å². The first-order chi connectivity index (χ1) is 15.3. The third-order valence-electron chi connectivity index (χ3n) is 5.35. The highest BCUT2D eigenvalue weighted by Crippen LogP contribution is 2.27. The fraction of sp³-hybridized carbons (Fsp3) is 0.190. The van der Waals surface area contributed by atoms with Gasteiger partial charge in [-0.05, 0) is 37.7 Å². The molecule has 0 unspecified atom stereocenters. The average Bonchev–Trinajstić information content (AvgIpc) is 3.22. The Morgan fingerprint density at radius 1 is 1.12 bits per heavy atom. The second kappa shape index (κ2) is 8.18. The van der Waals surface area contributed by atoms with Crippen LogP contribution in [0.3, 0.4) is 0 Å². The number of nitrogens with zero attached hydrogens (tertiary/aromatic N) is 7. The molecule has 1 amide bonds. The van der Waals surface area contributed by atoms with E-state index in [1.54, 1.807) is 42.5 Å². The number of aryl methyl sites for hydroxylation is 1. The van der Waals surface area contributed by atoms with Crippen molar-refractivity contribution in [2.75, 3.05) is 23.8 Å². The highest BCUT2D eigenvalue weighted by atomic mass is 16.1. The fourth-order valence-corrected chi connectivity index (χ4v) is 3.37. The third kappa shape index (κ3) is 3.57. The van der Waals surface area contributed by atoms with E-state index in [4.69, 9.17) is 5.73 Å². The molecule has 0 aliphatic carbocycles. The Morgan fingerprint density at radius 2 is 1.91 bits per heavy atom. The number of anilines is 3. The van der Waals surface area contributed by atoms with Gasteiger partial charge < -0.3 is 15.4 Å². The van der Waals surface area contributed by atoms with Gasteiger partial charge in [0.25, 0.3) is 11.5 Å². The van der Waals surface area contributed by atoms with Crippen LogP contribution >= 0.6 is 0 Å². The van der Waals surface area contributed by atoms with Crippen molar-refractivity contribution in [3.63, 3.8) is 0 Å². The van der Waals surface area contributed by atoms with Gasteiger partial charge in [-0.3, -0.25) is 14.2 Å². The largest absolute Gasteiger partial charge is 0.418 e. The number of primary amides is 1. The number of rotatable bonds is 6. The normalized spacial score (nSPS) is 10.9. The number of hydrogen-bond acceptors (Lipinski definition) is 7. The first-order valence-electron chi connectivity index (χ1n) is 10.1. The predicted molar refractivity (Wildman–Crippen MR) is 126 cm³/mol. The number of imidazole rings is 1. The number of pyridine rings is 2. The van der Waals surface area contributed by atoms with Crippen molar-refractivity contribution in [1.29, 1.82) is 0 Å². The number of nitrogens with two attached hydrogens (primary N) is 1. The zero-order chi connectivity index (χ0) is 23.0. The Bertz CT molecular complexity index is 1360. The van der Waals surface area contributed by atoms with Gasteiger partial charge in [0.05, 0.1) is 11.9 Å². The highest BCUT2D eigenvalue weighted by Gasteiger charge is 2.20. The lowest BCUT2D eigenvalue weighted by atomic mass is 9.96. The van der Waals surface area contributed by atoms with E-state index in [1.165, 1.54) is 15.3 Å². The van der Waals surface area contributed by atoms with Gasteiger partial charge >= 0.3 is 0 Å². The molecule has 4 aromatic rings. The van der Waals surface area contributed by atoms with Crippen LogP contribution in [0.25, 0.3) is 11.5 Å². The molecule has 10 nitrogen and oxygen atoms in total. The number of fused-ring (bicyclic) bond motifs is 1. The molecular weight excluding hydrogens is 407 g/mol. The van der Waals surface area contributed by atoms with E-state index >= 15 is 0 Å². The summed E-state index contributed by atoms with van der Waals surface area (Å²) >= 11 is 0. The van der Waals surface area contributed by atoms with E-state index in [9.17, 15) is 9.59 Å². The van der Waals surface area contributed by atoms with Gasteiger partial charge in [-0.15, -0.1) is 5.10 Å². The second-order valence-corrected chi connectivity index (χ2v) is 7.47. The van der Waals surface area contributed by atoms with Crippen LogP contribution < -0.4 is 21.0 Å². The summed E-state index contributed by atoms with van der Waals surface area (Å²) in [4.78, 5) is 37.5. The summed E-state index contributed by atoms with van der Waals surface area (Å²) in [5, 5.41) is 4.55. The van der Waals surface area contributed by atoms with Crippen molar-refractivity contribution in [3.8, 4) is 5.82 Å². The Morgan fingerprint density at radius 3 is 2.56 bits per heavy atom. The molecule has 32 heavy (non-hydrogen) atoms. The molecule has 11 heteroatoms. The maximum Gasteiger partial charge on any atom is 0.280 e. The number of carbonyl (C=O) groups is 1. The third-order valence-corrected chi connectivity index (χ3v) is 5.35. The quantitative estimate of drug-likeness (QED) is 0.459. The molecule has 162 valence electrons. The van der Waals surface area contributed by atoms with Crippen LogP contribution in [0, 0.1) is 6.92 Å². The molecule has 0 aliphatic rings. The van der Waals surface area contributed by atoms with Gasteiger partial charge in [-0.25, -0.2) is 14.5 Å². The zero-order valence-electron chi connectivity index (χ0n) is 18.4. The van der Waals surface area contributed by atoms with Crippen LogP contribution in [0.15, 0.2) is 53.7 Å². The number of aromatic nitrogens is 5. The molecule has 0 spiro atoms. The molecule has 0 aliphatic heterocycles. The second-order valence-electron chi connectivity index (χ2n) is 7.47. The summed E-state index contributed by atoms with van der Waals surface area (Å²) in [5.74, 6) is 0.346. The van der Waals surface area contributed by atoms with E-state index < -0.39 is 5.91 Å². The lowest BCUT2D eigenvalue weighted by molar-refractivity contribution is 0.0993. The Hall–Kier alpha value is -4.15. The fourth-order valence-electron chi connectivity index (χ4n) is 3.37. The van der Waals surface area contributed by atoms with Crippen LogP contribution in [-0.4, -0.2) is 51.6 Å². The molecule has 0 fully saturated rings. The van der Waals surface area contributed by atoms with Gasteiger partial charge in [0.2, 0.25) is 7.41 Å². The Balaban J connectivity index is 1.87. The molecule has 0 saturated heterocycles. The van der Waals surface area contributed by atoms with E-state index in [0.717, 1.165) is 11.3 Å². The van der Waals surface area contributed by atoms with E-state index in [-0.39, 0.29) is 11.3 Å². The molecule has 4 rings (SSSR count). The number of hydrogen-bond donors (Lipinski definition) is 1. The van der Waals surface area contributed by atoms with E-state index in [1.807, 2.05) is 37.7 Å². The van der Waals surface area contributed by atoms with Gasteiger partial charge in [-0.1, -0.05) is 12.9 Å². The first kappa shape index (κ1) is 21.1. The summed E-state index contributed by atoms with van der Waals surface area (Å²) < 4.78 is 2.90. The minimum Gasteiger partial charge on any atom is -0.418 e. The summed E-state index contributed by atoms with van der Waals surface area (Å²) in [5.41, 5.74) is 8.09. The average molecular weight is 430 g/mol. The van der Waals surface area contributed by atoms with Gasteiger partial charge in [0.1, 0.15) is 17.2 Å². The first-order valence-corrected chi connectivity index (χ1v) is 10.1. The van der Waals surface area contributed by atoms with Crippen LogP contribution in [0.1, 0.15) is 16.1 Å². The van der Waals surface area contributed by atoms with E-state index in [2.05, 4.69) is 15.1 Å².